The second-order valence-corrected chi connectivity index (χ2v) is 5.73. The van der Waals surface area contributed by atoms with Gasteiger partial charge in [0.15, 0.2) is 0 Å². The van der Waals surface area contributed by atoms with Gasteiger partial charge in [0.1, 0.15) is 11.6 Å². The molecular weight excluding hydrogens is 297 g/mol. The number of hydrogen-bond acceptors (Lipinski definition) is 3. The molecule has 1 saturated heterocycles. The van der Waals surface area contributed by atoms with Crippen LogP contribution in [0.4, 0.5) is 4.39 Å². The number of ether oxygens (including phenoxy) is 1. The topological polar surface area (TPSA) is 51.5 Å². The molecule has 4 nitrogen and oxygen atoms in total. The molecule has 3 rings (SSSR count). The van der Waals surface area contributed by atoms with E-state index >= 15 is 0 Å². The number of nitrogens with one attached hydrogen (secondary N) is 1. The Kier molecular flexibility index (Phi) is 5.08. The number of aryl methyl sites for hydroxylation is 1. The average Bonchev–Trinajstić information content (AvgIpc) is 3.25. The minimum atomic E-state index is -0.288. The number of hydrogen-bond donors (Lipinski definition) is 1. The Balaban J connectivity index is 1.65. The normalized spacial score (nSPS) is 18.7. The monoisotopic (exact) mass is 317 g/mol. The van der Waals surface area contributed by atoms with Crippen molar-refractivity contribution in [3.63, 3.8) is 0 Å². The molecule has 1 N–H and O–H groups in total. The molecule has 2 aromatic rings. The van der Waals surface area contributed by atoms with E-state index in [9.17, 15) is 9.18 Å². The predicted molar refractivity (Wildman–Crippen MR) is 83.3 cm³/mol. The standard InChI is InChI=1S/C18H20FNO3/c19-14-7-5-13(6-8-14)18(16-4-2-12-23-16)20-17(21)10-9-15-3-1-11-22-15/h1,3,5-8,11,16,18H,2,4,9-10,12H2,(H,20,21). The van der Waals surface area contributed by atoms with Gasteiger partial charge < -0.3 is 14.5 Å². The lowest BCUT2D eigenvalue weighted by molar-refractivity contribution is -0.122. The third-order valence-corrected chi connectivity index (χ3v) is 4.06. The van der Waals surface area contributed by atoms with Crippen LogP contribution in [0.3, 0.4) is 0 Å². The van der Waals surface area contributed by atoms with Crippen molar-refractivity contribution < 1.29 is 18.3 Å². The van der Waals surface area contributed by atoms with E-state index in [0.29, 0.717) is 19.4 Å². The first kappa shape index (κ1) is 15.7. The van der Waals surface area contributed by atoms with E-state index in [1.165, 1.54) is 12.1 Å². The second-order valence-electron chi connectivity index (χ2n) is 5.73. The molecule has 2 unspecified atom stereocenters. The molecule has 1 fully saturated rings. The number of benzene rings is 1. The summed E-state index contributed by atoms with van der Waals surface area (Å²) in [7, 11) is 0. The van der Waals surface area contributed by atoms with E-state index in [1.807, 2.05) is 6.07 Å². The Morgan fingerprint density at radius 3 is 2.78 bits per heavy atom. The van der Waals surface area contributed by atoms with Crippen LogP contribution in [0.15, 0.2) is 47.1 Å². The van der Waals surface area contributed by atoms with Crippen molar-refractivity contribution in [2.45, 2.75) is 37.8 Å². The molecule has 0 radical (unpaired) electrons. The molecule has 0 saturated carbocycles. The first-order valence-electron chi connectivity index (χ1n) is 7.91. The lowest BCUT2D eigenvalue weighted by Gasteiger charge is -2.24. The Morgan fingerprint density at radius 2 is 2.13 bits per heavy atom. The van der Waals surface area contributed by atoms with Crippen molar-refractivity contribution in [2.24, 2.45) is 0 Å². The van der Waals surface area contributed by atoms with Crippen molar-refractivity contribution >= 4 is 5.91 Å². The molecule has 0 spiro atoms. The summed E-state index contributed by atoms with van der Waals surface area (Å²) in [5.41, 5.74) is 0.865. The van der Waals surface area contributed by atoms with Gasteiger partial charge in [0.2, 0.25) is 5.91 Å². The highest BCUT2D eigenvalue weighted by atomic mass is 19.1. The molecule has 23 heavy (non-hydrogen) atoms. The molecule has 0 aliphatic carbocycles. The lowest BCUT2D eigenvalue weighted by atomic mass is 9.99. The minimum Gasteiger partial charge on any atom is -0.469 e. The Hall–Kier alpha value is -2.14. The van der Waals surface area contributed by atoms with Gasteiger partial charge in [-0.3, -0.25) is 4.79 Å². The van der Waals surface area contributed by atoms with Crippen molar-refractivity contribution in [3.8, 4) is 0 Å². The fourth-order valence-corrected chi connectivity index (χ4v) is 2.86. The highest BCUT2D eigenvalue weighted by Gasteiger charge is 2.28. The maximum absolute atomic E-state index is 13.1. The fourth-order valence-electron chi connectivity index (χ4n) is 2.86. The van der Waals surface area contributed by atoms with Crippen LogP contribution < -0.4 is 5.32 Å². The quantitative estimate of drug-likeness (QED) is 0.888. The van der Waals surface area contributed by atoms with Crippen molar-refractivity contribution in [2.75, 3.05) is 6.61 Å². The minimum absolute atomic E-state index is 0.0620. The highest BCUT2D eigenvalue weighted by Crippen LogP contribution is 2.27. The van der Waals surface area contributed by atoms with Crippen molar-refractivity contribution in [1.29, 1.82) is 0 Å². The number of rotatable bonds is 6. The summed E-state index contributed by atoms with van der Waals surface area (Å²) in [6.07, 6.45) is 4.30. The molecule has 1 aromatic heterocycles. The third kappa shape index (κ3) is 4.20. The van der Waals surface area contributed by atoms with E-state index in [0.717, 1.165) is 24.2 Å². The molecule has 0 bridgehead atoms. The Morgan fingerprint density at radius 1 is 1.30 bits per heavy atom. The highest BCUT2D eigenvalue weighted by molar-refractivity contribution is 5.76. The summed E-state index contributed by atoms with van der Waals surface area (Å²) >= 11 is 0. The van der Waals surface area contributed by atoms with Crippen molar-refractivity contribution in [1.82, 2.24) is 5.32 Å². The molecule has 122 valence electrons. The van der Waals surface area contributed by atoms with Crippen LogP contribution in [0.5, 0.6) is 0 Å². The average molecular weight is 317 g/mol. The van der Waals surface area contributed by atoms with Crippen molar-refractivity contribution in [3.05, 3.63) is 59.8 Å². The van der Waals surface area contributed by atoms with Gasteiger partial charge in [-0.05, 0) is 42.7 Å². The van der Waals surface area contributed by atoms with Crippen LogP contribution in [-0.2, 0) is 16.0 Å². The van der Waals surface area contributed by atoms with Crippen LogP contribution >= 0.6 is 0 Å². The van der Waals surface area contributed by atoms with E-state index in [1.54, 1.807) is 24.5 Å². The molecule has 1 amide bonds. The van der Waals surface area contributed by atoms with E-state index < -0.39 is 0 Å². The summed E-state index contributed by atoms with van der Waals surface area (Å²) < 4.78 is 24.1. The van der Waals surface area contributed by atoms with Crippen LogP contribution in [0, 0.1) is 5.82 Å². The van der Waals surface area contributed by atoms with Gasteiger partial charge in [-0.15, -0.1) is 0 Å². The van der Waals surface area contributed by atoms with E-state index in [2.05, 4.69) is 5.32 Å². The molecule has 1 aromatic carbocycles. The number of amides is 1. The van der Waals surface area contributed by atoms with Gasteiger partial charge in [-0.25, -0.2) is 4.39 Å². The Labute approximate surface area is 134 Å². The zero-order chi connectivity index (χ0) is 16.1. The molecule has 1 aliphatic rings. The van der Waals surface area contributed by atoms with Gasteiger partial charge in [-0.2, -0.15) is 0 Å². The van der Waals surface area contributed by atoms with Gasteiger partial charge in [0, 0.05) is 19.4 Å². The summed E-state index contributed by atoms with van der Waals surface area (Å²) in [6.45, 7) is 0.699. The Bertz CT molecular complexity index is 618. The van der Waals surface area contributed by atoms with Crippen LogP contribution in [0.2, 0.25) is 0 Å². The van der Waals surface area contributed by atoms with Crippen LogP contribution in [0.1, 0.15) is 36.6 Å². The third-order valence-electron chi connectivity index (χ3n) is 4.06. The molecule has 5 heteroatoms. The van der Waals surface area contributed by atoms with Crippen LogP contribution in [0.25, 0.3) is 0 Å². The summed E-state index contributed by atoms with van der Waals surface area (Å²) in [6, 6.07) is 9.63. The van der Waals surface area contributed by atoms with Gasteiger partial charge in [0.25, 0.3) is 0 Å². The largest absolute Gasteiger partial charge is 0.469 e. The summed E-state index contributed by atoms with van der Waals surface area (Å²) in [5.74, 6) is 0.436. The van der Waals surface area contributed by atoms with Gasteiger partial charge in [-0.1, -0.05) is 12.1 Å². The number of carbonyl (C=O) groups is 1. The second kappa shape index (κ2) is 7.42. The summed E-state index contributed by atoms with van der Waals surface area (Å²) in [5, 5.41) is 3.03. The SMILES string of the molecule is O=C(CCc1ccco1)NC(c1ccc(F)cc1)C1CCCO1. The summed E-state index contributed by atoms with van der Waals surface area (Å²) in [4.78, 5) is 12.3. The van der Waals surface area contributed by atoms with Gasteiger partial charge >= 0.3 is 0 Å². The zero-order valence-corrected chi connectivity index (χ0v) is 12.8. The van der Waals surface area contributed by atoms with Gasteiger partial charge in [0.05, 0.1) is 18.4 Å². The number of halogens is 1. The first-order valence-corrected chi connectivity index (χ1v) is 7.91. The maximum atomic E-state index is 13.1. The molecule has 1 aliphatic heterocycles. The molecule has 2 heterocycles. The lowest BCUT2D eigenvalue weighted by Crippen LogP contribution is -2.36. The number of carbonyl (C=O) groups excluding carboxylic acids is 1. The van der Waals surface area contributed by atoms with E-state index in [4.69, 9.17) is 9.15 Å². The predicted octanol–water partition coefficient (Wildman–Crippen LogP) is 3.39. The zero-order valence-electron chi connectivity index (χ0n) is 12.8. The maximum Gasteiger partial charge on any atom is 0.221 e. The molecule has 2 atom stereocenters. The number of furan rings is 1. The first-order chi connectivity index (χ1) is 11.2. The van der Waals surface area contributed by atoms with Crippen LogP contribution in [-0.4, -0.2) is 18.6 Å². The molecular formula is C18H20FNO3. The smallest absolute Gasteiger partial charge is 0.221 e. The van der Waals surface area contributed by atoms with E-state index in [-0.39, 0.29) is 23.9 Å². The fraction of sp³-hybridized carbons (Fsp3) is 0.389.